The molecular weight excluding hydrogens is 490 g/mol. The van der Waals surface area contributed by atoms with Crippen molar-refractivity contribution in [3.05, 3.63) is 70.8 Å². The summed E-state index contributed by atoms with van der Waals surface area (Å²) in [5.41, 5.74) is 5.22. The van der Waals surface area contributed by atoms with Gasteiger partial charge in [0.05, 0.1) is 24.9 Å². The molecule has 10 heteroatoms. The van der Waals surface area contributed by atoms with Crippen LogP contribution in [0.25, 0.3) is 0 Å². The number of aliphatic hydroxyl groups is 2. The third-order valence-electron chi connectivity index (χ3n) is 7.00. The summed E-state index contributed by atoms with van der Waals surface area (Å²) < 4.78 is 12.8. The Bertz CT molecular complexity index is 1050. The van der Waals surface area contributed by atoms with Gasteiger partial charge in [-0.05, 0) is 29.5 Å². The van der Waals surface area contributed by atoms with Gasteiger partial charge in [-0.25, -0.2) is 5.48 Å². The minimum absolute atomic E-state index is 0.00881. The van der Waals surface area contributed by atoms with Crippen molar-refractivity contribution in [2.45, 2.75) is 69.9 Å². The first-order valence-electron chi connectivity index (χ1n) is 13.1. The number of hydrogen-bond donors (Lipinski definition) is 5. The first-order valence-corrected chi connectivity index (χ1v) is 13.1. The number of nitrogens with one attached hydrogen (secondary N) is 2. The van der Waals surface area contributed by atoms with Crippen molar-refractivity contribution in [1.29, 1.82) is 0 Å². The van der Waals surface area contributed by atoms with Crippen molar-refractivity contribution < 1.29 is 34.5 Å². The molecule has 0 radical (unpaired) electrons. The van der Waals surface area contributed by atoms with Crippen molar-refractivity contribution >= 4 is 11.8 Å². The van der Waals surface area contributed by atoms with Crippen LogP contribution in [0.1, 0.15) is 66.8 Å². The molecule has 2 aromatic carbocycles. The van der Waals surface area contributed by atoms with Crippen LogP contribution in [0.5, 0.6) is 0 Å². The third-order valence-corrected chi connectivity index (χ3v) is 7.00. The maximum atomic E-state index is 12.0. The average molecular weight is 528 g/mol. The van der Waals surface area contributed by atoms with Crippen molar-refractivity contribution in [3.8, 4) is 0 Å². The van der Waals surface area contributed by atoms with Crippen LogP contribution in [-0.4, -0.2) is 64.0 Å². The lowest BCUT2D eigenvalue weighted by atomic mass is 9.99. The van der Waals surface area contributed by atoms with Gasteiger partial charge in [0.1, 0.15) is 0 Å². The number of hydroxylamine groups is 1. The minimum Gasteiger partial charge on any atom is -0.392 e. The number of carbonyl (C=O) groups excluding carboxylic acids is 2. The molecule has 0 spiro atoms. The zero-order valence-electron chi connectivity index (χ0n) is 21.4. The van der Waals surface area contributed by atoms with Crippen LogP contribution in [0.4, 0.5) is 0 Å². The Morgan fingerprint density at radius 1 is 0.947 bits per heavy atom. The molecule has 2 aromatic rings. The highest BCUT2D eigenvalue weighted by Gasteiger charge is 2.34. The first-order chi connectivity index (χ1) is 18.4. The predicted molar refractivity (Wildman–Crippen MR) is 138 cm³/mol. The van der Waals surface area contributed by atoms with Gasteiger partial charge in [-0.2, -0.15) is 0 Å². The molecule has 4 atom stereocenters. The van der Waals surface area contributed by atoms with E-state index < -0.39 is 12.2 Å². The number of aliphatic hydroxyl groups excluding tert-OH is 2. The summed E-state index contributed by atoms with van der Waals surface area (Å²) in [6.07, 6.45) is 0.997. The Morgan fingerprint density at radius 2 is 1.63 bits per heavy atom. The smallest absolute Gasteiger partial charge is 0.243 e. The fraction of sp³-hybridized carbons (Fsp3) is 0.500. The van der Waals surface area contributed by atoms with Crippen molar-refractivity contribution in [1.82, 2.24) is 15.7 Å². The summed E-state index contributed by atoms with van der Waals surface area (Å²) in [5.74, 6) is -0.672. The normalized spacial score (nSPS) is 23.8. The molecule has 2 amide bonds. The molecule has 0 aliphatic carbocycles. The maximum Gasteiger partial charge on any atom is 0.243 e. The standard InChI is InChI=1S/C28H37N3O7/c32-18-20-6-8-21(9-7-20)25-14-24(17-31-13-12-23(33)16-31)37-28(38-25)22-10-4-19(5-11-22)15-29-26(34)2-1-3-27(35)30-36/h4-11,23-25,28,32-33,36H,1-3,12-18H2,(H,29,34)(H,30,35). The maximum absolute atomic E-state index is 12.0. The lowest BCUT2D eigenvalue weighted by molar-refractivity contribution is -0.252. The van der Waals surface area contributed by atoms with E-state index in [0.29, 0.717) is 32.5 Å². The molecule has 2 fully saturated rings. The lowest BCUT2D eigenvalue weighted by Crippen LogP contribution is -2.38. The number of hydrogen-bond acceptors (Lipinski definition) is 8. The monoisotopic (exact) mass is 527 g/mol. The van der Waals surface area contributed by atoms with E-state index in [1.165, 1.54) is 0 Å². The van der Waals surface area contributed by atoms with Crippen molar-refractivity contribution in [3.63, 3.8) is 0 Å². The second kappa shape index (κ2) is 13.8. The Morgan fingerprint density at radius 3 is 2.29 bits per heavy atom. The molecule has 5 N–H and O–H groups in total. The quantitative estimate of drug-likeness (QED) is 0.221. The number of amides is 2. The number of nitrogens with zero attached hydrogens (tertiary/aromatic N) is 1. The molecule has 10 nitrogen and oxygen atoms in total. The van der Waals surface area contributed by atoms with Crippen LogP contribution >= 0.6 is 0 Å². The zero-order valence-corrected chi connectivity index (χ0v) is 21.4. The lowest BCUT2D eigenvalue weighted by Gasteiger charge is -2.37. The van der Waals surface area contributed by atoms with Crippen LogP contribution < -0.4 is 10.8 Å². The Balaban J connectivity index is 1.37. The first kappa shape index (κ1) is 28.2. The van der Waals surface area contributed by atoms with E-state index in [2.05, 4.69) is 10.2 Å². The molecule has 0 aromatic heterocycles. The van der Waals surface area contributed by atoms with Gasteiger partial charge in [0.15, 0.2) is 6.29 Å². The van der Waals surface area contributed by atoms with Crippen LogP contribution in [0.2, 0.25) is 0 Å². The number of benzene rings is 2. The van der Waals surface area contributed by atoms with Gasteiger partial charge in [-0.3, -0.25) is 19.7 Å². The van der Waals surface area contributed by atoms with Gasteiger partial charge in [-0.15, -0.1) is 0 Å². The van der Waals surface area contributed by atoms with E-state index in [1.807, 2.05) is 48.5 Å². The Labute approximate surface area is 222 Å². The molecule has 4 rings (SSSR count). The second-order valence-electron chi connectivity index (χ2n) is 9.96. The zero-order chi connectivity index (χ0) is 26.9. The van der Waals surface area contributed by atoms with E-state index >= 15 is 0 Å². The van der Waals surface area contributed by atoms with Gasteiger partial charge >= 0.3 is 0 Å². The average Bonchev–Trinajstić information content (AvgIpc) is 3.36. The number of ether oxygens (including phenoxy) is 2. The molecule has 4 unspecified atom stereocenters. The number of likely N-dealkylation sites (tertiary alicyclic amines) is 1. The van der Waals surface area contributed by atoms with Crippen LogP contribution in [0, 0.1) is 0 Å². The summed E-state index contributed by atoms with van der Waals surface area (Å²) in [4.78, 5) is 25.3. The van der Waals surface area contributed by atoms with E-state index in [4.69, 9.17) is 14.7 Å². The van der Waals surface area contributed by atoms with Gasteiger partial charge in [0.25, 0.3) is 0 Å². The summed E-state index contributed by atoms with van der Waals surface area (Å²) in [5, 5.41) is 30.7. The highest BCUT2D eigenvalue weighted by atomic mass is 16.7. The molecule has 2 aliphatic rings. The third kappa shape index (κ3) is 8.07. The number of carbonyl (C=O) groups is 2. The molecular formula is C28H37N3O7. The summed E-state index contributed by atoms with van der Waals surface area (Å²) >= 11 is 0. The van der Waals surface area contributed by atoms with E-state index in [1.54, 1.807) is 5.48 Å². The van der Waals surface area contributed by atoms with E-state index in [-0.39, 0.29) is 43.7 Å². The summed E-state index contributed by atoms with van der Waals surface area (Å²) in [7, 11) is 0. The molecule has 2 heterocycles. The van der Waals surface area contributed by atoms with Crippen LogP contribution in [0.3, 0.4) is 0 Å². The molecule has 2 aliphatic heterocycles. The van der Waals surface area contributed by atoms with Crippen LogP contribution in [-0.2, 0) is 32.2 Å². The van der Waals surface area contributed by atoms with E-state index in [0.717, 1.165) is 35.2 Å². The van der Waals surface area contributed by atoms with Gasteiger partial charge in [0.2, 0.25) is 11.8 Å². The highest BCUT2D eigenvalue weighted by Crippen LogP contribution is 2.38. The molecule has 2 saturated heterocycles. The summed E-state index contributed by atoms with van der Waals surface area (Å²) in [6, 6.07) is 15.5. The SMILES string of the molecule is O=C(CCCC(=O)NCc1ccc(C2OC(CN3CCC(O)C3)CC(c3ccc(CO)cc3)O2)cc1)NO. The van der Waals surface area contributed by atoms with Gasteiger partial charge in [0, 0.05) is 51.0 Å². The predicted octanol–water partition coefficient (Wildman–Crippen LogP) is 2.08. The molecule has 38 heavy (non-hydrogen) atoms. The van der Waals surface area contributed by atoms with Crippen molar-refractivity contribution in [2.75, 3.05) is 19.6 Å². The van der Waals surface area contributed by atoms with Gasteiger partial charge in [-0.1, -0.05) is 48.5 Å². The fourth-order valence-corrected chi connectivity index (χ4v) is 4.85. The topological polar surface area (TPSA) is 141 Å². The molecule has 206 valence electrons. The number of β-amino-alcohol motifs (C(OH)–C–C–N with tert-alkyl or cyclic N) is 1. The Hall–Kier alpha value is -2.86. The highest BCUT2D eigenvalue weighted by molar-refractivity contribution is 5.78. The fourth-order valence-electron chi connectivity index (χ4n) is 4.85. The Kier molecular flexibility index (Phi) is 10.2. The summed E-state index contributed by atoms with van der Waals surface area (Å²) in [6.45, 7) is 2.56. The number of rotatable bonds is 11. The largest absolute Gasteiger partial charge is 0.392 e. The van der Waals surface area contributed by atoms with E-state index in [9.17, 15) is 19.8 Å². The minimum atomic E-state index is -0.565. The second-order valence-corrected chi connectivity index (χ2v) is 9.96. The molecule has 0 saturated carbocycles. The van der Waals surface area contributed by atoms with Crippen LogP contribution in [0.15, 0.2) is 48.5 Å². The van der Waals surface area contributed by atoms with Crippen molar-refractivity contribution in [2.24, 2.45) is 0 Å². The molecule has 0 bridgehead atoms. The van der Waals surface area contributed by atoms with Gasteiger partial charge < -0.3 is 25.0 Å².